The molecule has 1 aromatic carbocycles. The van der Waals surface area contributed by atoms with E-state index in [9.17, 15) is 8.42 Å². The van der Waals surface area contributed by atoms with Gasteiger partial charge in [-0.3, -0.25) is 0 Å². The Kier molecular flexibility index (Phi) is 5.16. The first-order chi connectivity index (χ1) is 8.43. The monoisotopic (exact) mass is 270 g/mol. The number of rotatable bonds is 6. The van der Waals surface area contributed by atoms with Gasteiger partial charge in [0.1, 0.15) is 0 Å². The van der Waals surface area contributed by atoms with E-state index in [1.54, 1.807) is 18.2 Å². The molecule has 0 aromatic heterocycles. The summed E-state index contributed by atoms with van der Waals surface area (Å²) in [4.78, 5) is 0.344. The second-order valence-corrected chi connectivity index (χ2v) is 6.25. The smallest absolute Gasteiger partial charge is 0.243 e. The second-order valence-electron chi connectivity index (χ2n) is 4.36. The van der Waals surface area contributed by atoms with Crippen LogP contribution in [0.25, 0.3) is 0 Å². The van der Waals surface area contributed by atoms with Crippen LogP contribution in [0.5, 0.6) is 0 Å². The third-order valence-corrected chi connectivity index (χ3v) is 4.86. The highest BCUT2D eigenvalue weighted by molar-refractivity contribution is 7.89. The minimum Gasteiger partial charge on any atom is -0.385 e. The van der Waals surface area contributed by atoms with E-state index in [4.69, 9.17) is 0 Å². The summed E-state index contributed by atoms with van der Waals surface area (Å²) < 4.78 is 26.4. The van der Waals surface area contributed by atoms with Crippen LogP contribution in [0.1, 0.15) is 27.7 Å². The van der Waals surface area contributed by atoms with Gasteiger partial charge in [0, 0.05) is 24.8 Å². The molecule has 1 N–H and O–H groups in total. The summed E-state index contributed by atoms with van der Waals surface area (Å²) in [6, 6.07) is 6.92. The molecule has 0 fully saturated rings. The average molecular weight is 270 g/mol. The van der Waals surface area contributed by atoms with Gasteiger partial charge in [-0.2, -0.15) is 4.31 Å². The van der Waals surface area contributed by atoms with Crippen molar-refractivity contribution in [2.45, 2.75) is 38.6 Å². The largest absolute Gasteiger partial charge is 0.385 e. The fourth-order valence-electron chi connectivity index (χ4n) is 1.92. The van der Waals surface area contributed by atoms with Gasteiger partial charge in [0.2, 0.25) is 10.0 Å². The van der Waals surface area contributed by atoms with Gasteiger partial charge < -0.3 is 5.32 Å². The number of hydrogen-bond donors (Lipinski definition) is 1. The van der Waals surface area contributed by atoms with Crippen LogP contribution in [0.15, 0.2) is 29.2 Å². The lowest BCUT2D eigenvalue weighted by Crippen LogP contribution is -2.36. The molecular weight excluding hydrogens is 248 g/mol. The number of nitrogens with one attached hydrogen (secondary N) is 1. The summed E-state index contributed by atoms with van der Waals surface area (Å²) in [7, 11) is -3.40. The van der Waals surface area contributed by atoms with Crippen LogP contribution in [0.3, 0.4) is 0 Å². The number of nitrogens with zero attached hydrogens (tertiary/aromatic N) is 1. The van der Waals surface area contributed by atoms with E-state index in [2.05, 4.69) is 5.32 Å². The maximum Gasteiger partial charge on any atom is 0.243 e. The van der Waals surface area contributed by atoms with Crippen molar-refractivity contribution >= 4 is 15.7 Å². The zero-order chi connectivity index (χ0) is 13.8. The third-order valence-electron chi connectivity index (χ3n) is 2.71. The van der Waals surface area contributed by atoms with E-state index in [1.165, 1.54) is 4.31 Å². The van der Waals surface area contributed by atoms with Crippen molar-refractivity contribution in [1.82, 2.24) is 4.31 Å². The molecule has 5 heteroatoms. The summed E-state index contributed by atoms with van der Waals surface area (Å²) >= 11 is 0. The minimum absolute atomic E-state index is 0.0391. The Hall–Kier alpha value is -1.07. The number of benzene rings is 1. The topological polar surface area (TPSA) is 49.4 Å². The van der Waals surface area contributed by atoms with Gasteiger partial charge in [0.15, 0.2) is 0 Å². The van der Waals surface area contributed by atoms with Gasteiger partial charge in [-0.15, -0.1) is 0 Å². The summed E-state index contributed by atoms with van der Waals surface area (Å²) in [5.41, 5.74) is 0.832. The van der Waals surface area contributed by atoms with Crippen molar-refractivity contribution < 1.29 is 8.42 Å². The van der Waals surface area contributed by atoms with Crippen molar-refractivity contribution in [3.63, 3.8) is 0 Å². The quantitative estimate of drug-likeness (QED) is 0.864. The van der Waals surface area contributed by atoms with Crippen LogP contribution in [0, 0.1) is 0 Å². The highest BCUT2D eigenvalue weighted by atomic mass is 32.2. The molecule has 18 heavy (non-hydrogen) atoms. The lowest BCUT2D eigenvalue weighted by atomic mass is 10.3. The lowest BCUT2D eigenvalue weighted by molar-refractivity contribution is 0.369. The second kappa shape index (κ2) is 6.20. The Balaban J connectivity index is 3.15. The van der Waals surface area contributed by atoms with Crippen LogP contribution in [0.4, 0.5) is 5.69 Å². The van der Waals surface area contributed by atoms with Crippen LogP contribution in [-0.2, 0) is 10.0 Å². The lowest BCUT2D eigenvalue weighted by Gasteiger charge is -2.24. The molecule has 4 nitrogen and oxygen atoms in total. The molecule has 0 spiro atoms. The first kappa shape index (κ1) is 15.0. The highest BCUT2D eigenvalue weighted by Gasteiger charge is 2.25. The maximum atomic E-state index is 12.5. The highest BCUT2D eigenvalue weighted by Crippen LogP contribution is 2.21. The van der Waals surface area contributed by atoms with Crippen molar-refractivity contribution in [2.24, 2.45) is 0 Å². The Morgan fingerprint density at radius 3 is 2.44 bits per heavy atom. The Labute approximate surface area is 110 Å². The maximum absolute atomic E-state index is 12.5. The fourth-order valence-corrected chi connectivity index (χ4v) is 3.61. The molecule has 0 unspecified atom stereocenters. The van der Waals surface area contributed by atoms with Crippen LogP contribution in [0.2, 0.25) is 0 Å². The predicted molar refractivity (Wildman–Crippen MR) is 75.3 cm³/mol. The van der Waals surface area contributed by atoms with Gasteiger partial charge in [-0.1, -0.05) is 13.0 Å². The molecule has 0 radical (unpaired) electrons. The number of anilines is 1. The van der Waals surface area contributed by atoms with Gasteiger partial charge in [-0.05, 0) is 39.0 Å². The molecule has 0 aliphatic heterocycles. The zero-order valence-electron chi connectivity index (χ0n) is 11.5. The van der Waals surface area contributed by atoms with Crippen LogP contribution in [-0.4, -0.2) is 31.9 Å². The molecule has 102 valence electrons. The molecule has 0 atom stereocenters. The summed E-state index contributed by atoms with van der Waals surface area (Å²) in [5, 5.41) is 3.12. The normalized spacial score (nSPS) is 12.1. The number of hydrogen-bond acceptors (Lipinski definition) is 3. The SMILES string of the molecule is CCNc1cccc(S(=O)(=O)N(CC)C(C)C)c1. The number of sulfonamides is 1. The van der Waals surface area contributed by atoms with E-state index in [1.807, 2.05) is 33.8 Å². The molecule has 0 saturated carbocycles. The van der Waals surface area contributed by atoms with Gasteiger partial charge >= 0.3 is 0 Å². The van der Waals surface area contributed by atoms with Crippen LogP contribution < -0.4 is 5.32 Å². The molecule has 0 aliphatic rings. The van der Waals surface area contributed by atoms with E-state index in [0.717, 1.165) is 12.2 Å². The van der Waals surface area contributed by atoms with Crippen molar-refractivity contribution in [1.29, 1.82) is 0 Å². The minimum atomic E-state index is -3.40. The molecule has 0 saturated heterocycles. The molecule has 0 bridgehead atoms. The summed E-state index contributed by atoms with van der Waals surface area (Å²) in [6.07, 6.45) is 0. The Morgan fingerprint density at radius 2 is 1.94 bits per heavy atom. The molecule has 0 aliphatic carbocycles. The molecule has 0 heterocycles. The van der Waals surface area contributed by atoms with Crippen molar-refractivity contribution in [2.75, 3.05) is 18.4 Å². The van der Waals surface area contributed by atoms with E-state index in [0.29, 0.717) is 11.4 Å². The van der Waals surface area contributed by atoms with Gasteiger partial charge in [-0.25, -0.2) is 8.42 Å². The van der Waals surface area contributed by atoms with Crippen molar-refractivity contribution in [3.8, 4) is 0 Å². The summed E-state index contributed by atoms with van der Waals surface area (Å²) in [6.45, 7) is 8.85. The first-order valence-electron chi connectivity index (χ1n) is 6.29. The predicted octanol–water partition coefficient (Wildman–Crippen LogP) is 2.54. The van der Waals surface area contributed by atoms with Gasteiger partial charge in [0.25, 0.3) is 0 Å². The molecule has 0 amide bonds. The van der Waals surface area contributed by atoms with E-state index < -0.39 is 10.0 Å². The third kappa shape index (κ3) is 3.23. The Morgan fingerprint density at radius 1 is 1.28 bits per heavy atom. The zero-order valence-corrected chi connectivity index (χ0v) is 12.3. The first-order valence-corrected chi connectivity index (χ1v) is 7.73. The standard InChI is InChI=1S/C13H22N2O2S/c1-5-14-12-8-7-9-13(10-12)18(16,17)15(6-2)11(3)4/h7-11,14H,5-6H2,1-4H3. The van der Waals surface area contributed by atoms with Gasteiger partial charge in [0.05, 0.1) is 4.90 Å². The average Bonchev–Trinajstić information content (AvgIpc) is 2.29. The van der Waals surface area contributed by atoms with Crippen LogP contribution >= 0.6 is 0 Å². The molecule has 1 rings (SSSR count). The van der Waals surface area contributed by atoms with E-state index in [-0.39, 0.29) is 6.04 Å². The molecular formula is C13H22N2O2S. The van der Waals surface area contributed by atoms with Crippen molar-refractivity contribution in [3.05, 3.63) is 24.3 Å². The fraction of sp³-hybridized carbons (Fsp3) is 0.538. The molecule has 1 aromatic rings. The summed E-state index contributed by atoms with van der Waals surface area (Å²) in [5.74, 6) is 0. The van der Waals surface area contributed by atoms with E-state index >= 15 is 0 Å². The Bertz CT molecular complexity index is 484.